The number of hydrogen-bond donors (Lipinski definition) is 2. The SMILES string of the molecule is COCOc1ccc(C(=O)N[C@@H]2CN(C(=O)OC(C)(C)C)CCC[C@H]2O)cc1Br. The minimum absolute atomic E-state index is 0.0961. The number of nitrogens with one attached hydrogen (secondary N) is 1. The van der Waals surface area contributed by atoms with Crippen LogP contribution in [0.15, 0.2) is 22.7 Å². The van der Waals surface area contributed by atoms with Crippen LogP contribution in [0.2, 0.25) is 0 Å². The quantitative estimate of drug-likeness (QED) is 0.639. The minimum Gasteiger partial charge on any atom is -0.466 e. The molecule has 0 bridgehead atoms. The second kappa shape index (κ2) is 10.3. The van der Waals surface area contributed by atoms with Gasteiger partial charge in [0.2, 0.25) is 0 Å². The Morgan fingerprint density at radius 1 is 1.34 bits per heavy atom. The Morgan fingerprint density at radius 2 is 2.07 bits per heavy atom. The molecule has 1 saturated heterocycles. The van der Waals surface area contributed by atoms with Gasteiger partial charge in [-0.3, -0.25) is 4.79 Å². The molecule has 2 N–H and O–H groups in total. The third kappa shape index (κ3) is 7.17. The zero-order valence-electron chi connectivity index (χ0n) is 17.2. The summed E-state index contributed by atoms with van der Waals surface area (Å²) in [5.41, 5.74) is -0.207. The molecular weight excluding hydrogens is 444 g/mol. The Hall–Kier alpha value is -1.84. The van der Waals surface area contributed by atoms with Gasteiger partial charge in [-0.1, -0.05) is 0 Å². The summed E-state index contributed by atoms with van der Waals surface area (Å²) in [6, 6.07) is 4.32. The van der Waals surface area contributed by atoms with Crippen molar-refractivity contribution < 1.29 is 28.9 Å². The summed E-state index contributed by atoms with van der Waals surface area (Å²) >= 11 is 3.37. The molecule has 1 fully saturated rings. The van der Waals surface area contributed by atoms with Gasteiger partial charge in [-0.15, -0.1) is 0 Å². The number of likely N-dealkylation sites (tertiary alicyclic amines) is 1. The number of halogens is 1. The lowest BCUT2D eigenvalue weighted by atomic mass is 10.1. The van der Waals surface area contributed by atoms with E-state index in [-0.39, 0.29) is 19.2 Å². The highest BCUT2D eigenvalue weighted by molar-refractivity contribution is 9.10. The molecule has 1 aliphatic heterocycles. The van der Waals surface area contributed by atoms with Gasteiger partial charge in [0.05, 0.1) is 16.6 Å². The molecule has 1 heterocycles. The van der Waals surface area contributed by atoms with Crippen molar-refractivity contribution in [1.29, 1.82) is 0 Å². The number of amides is 2. The highest BCUT2D eigenvalue weighted by atomic mass is 79.9. The molecule has 2 atom stereocenters. The highest BCUT2D eigenvalue weighted by Crippen LogP contribution is 2.26. The zero-order valence-corrected chi connectivity index (χ0v) is 18.8. The van der Waals surface area contributed by atoms with Crippen LogP contribution in [0.25, 0.3) is 0 Å². The second-order valence-corrected chi connectivity index (χ2v) is 8.77. The fraction of sp³-hybridized carbons (Fsp3) is 0.600. The molecule has 1 aromatic rings. The smallest absolute Gasteiger partial charge is 0.410 e. The summed E-state index contributed by atoms with van der Waals surface area (Å²) in [5, 5.41) is 13.3. The highest BCUT2D eigenvalue weighted by Gasteiger charge is 2.31. The first kappa shape index (κ1) is 23.4. The van der Waals surface area contributed by atoms with Crippen molar-refractivity contribution in [3.63, 3.8) is 0 Å². The van der Waals surface area contributed by atoms with Crippen LogP contribution in [0.5, 0.6) is 5.75 Å². The molecule has 2 rings (SSSR count). The maximum Gasteiger partial charge on any atom is 0.410 e. The molecule has 0 unspecified atom stereocenters. The molecule has 0 spiro atoms. The zero-order chi connectivity index (χ0) is 21.6. The van der Waals surface area contributed by atoms with E-state index in [0.29, 0.717) is 35.2 Å². The van der Waals surface area contributed by atoms with Crippen LogP contribution in [-0.2, 0) is 9.47 Å². The van der Waals surface area contributed by atoms with Gasteiger partial charge >= 0.3 is 6.09 Å². The fourth-order valence-corrected chi connectivity index (χ4v) is 3.40. The maximum atomic E-state index is 12.7. The number of benzene rings is 1. The van der Waals surface area contributed by atoms with Gasteiger partial charge in [0.1, 0.15) is 11.4 Å². The molecule has 29 heavy (non-hydrogen) atoms. The number of methoxy groups -OCH3 is 1. The molecule has 0 aromatic heterocycles. The molecule has 0 aliphatic carbocycles. The van der Waals surface area contributed by atoms with Gasteiger partial charge in [-0.05, 0) is 67.7 Å². The predicted octanol–water partition coefficient (Wildman–Crippen LogP) is 2.92. The first-order valence-corrected chi connectivity index (χ1v) is 10.3. The fourth-order valence-electron chi connectivity index (χ4n) is 2.91. The Morgan fingerprint density at radius 3 is 2.69 bits per heavy atom. The van der Waals surface area contributed by atoms with Crippen LogP contribution in [-0.4, -0.2) is 66.7 Å². The molecule has 0 radical (unpaired) electrons. The maximum absolute atomic E-state index is 12.7. The number of nitrogens with zero attached hydrogens (tertiary/aromatic N) is 1. The Kier molecular flexibility index (Phi) is 8.30. The van der Waals surface area contributed by atoms with E-state index < -0.39 is 23.8 Å². The number of carbonyl (C=O) groups excluding carboxylic acids is 2. The van der Waals surface area contributed by atoms with Crippen molar-refractivity contribution in [2.45, 2.75) is 51.4 Å². The van der Waals surface area contributed by atoms with E-state index in [1.807, 2.05) is 0 Å². The molecule has 162 valence electrons. The number of aliphatic hydroxyl groups excluding tert-OH is 1. The average Bonchev–Trinajstić information content (AvgIpc) is 2.81. The van der Waals surface area contributed by atoms with Crippen molar-refractivity contribution in [2.24, 2.45) is 0 Å². The van der Waals surface area contributed by atoms with Gasteiger partial charge in [-0.25, -0.2) is 4.79 Å². The molecule has 8 nitrogen and oxygen atoms in total. The lowest BCUT2D eigenvalue weighted by molar-refractivity contribution is 0.0223. The summed E-state index contributed by atoms with van der Waals surface area (Å²) in [6.07, 6.45) is -0.0888. The molecule has 9 heteroatoms. The van der Waals surface area contributed by atoms with Crippen LogP contribution in [0.3, 0.4) is 0 Å². The number of carbonyl (C=O) groups is 2. The van der Waals surface area contributed by atoms with Gasteiger partial charge in [0.25, 0.3) is 5.91 Å². The third-order valence-electron chi connectivity index (χ3n) is 4.30. The summed E-state index contributed by atoms with van der Waals surface area (Å²) in [5.74, 6) is 0.202. The van der Waals surface area contributed by atoms with E-state index in [2.05, 4.69) is 21.2 Å². The monoisotopic (exact) mass is 472 g/mol. The summed E-state index contributed by atoms with van der Waals surface area (Å²) in [7, 11) is 1.52. The number of rotatable bonds is 5. The minimum atomic E-state index is -0.751. The predicted molar refractivity (Wildman–Crippen MR) is 111 cm³/mol. The lowest BCUT2D eigenvalue weighted by Crippen LogP contribution is -2.50. The number of hydrogen-bond acceptors (Lipinski definition) is 6. The third-order valence-corrected chi connectivity index (χ3v) is 4.92. The van der Waals surface area contributed by atoms with Gasteiger partial charge in [-0.2, -0.15) is 0 Å². The van der Waals surface area contributed by atoms with Gasteiger partial charge < -0.3 is 29.5 Å². The first-order valence-electron chi connectivity index (χ1n) is 9.49. The van der Waals surface area contributed by atoms with Gasteiger partial charge in [0, 0.05) is 25.8 Å². The Balaban J connectivity index is 2.06. The Bertz CT molecular complexity index is 721. The molecule has 1 aromatic carbocycles. The molecular formula is C20H29BrN2O6. The van der Waals surface area contributed by atoms with Crippen LogP contribution < -0.4 is 10.1 Å². The van der Waals surface area contributed by atoms with Crippen molar-refractivity contribution in [3.8, 4) is 5.75 Å². The lowest BCUT2D eigenvalue weighted by Gasteiger charge is -2.29. The number of ether oxygens (including phenoxy) is 3. The summed E-state index contributed by atoms with van der Waals surface area (Å²) < 4.78 is 16.3. The normalized spacial score (nSPS) is 20.0. The van der Waals surface area contributed by atoms with Crippen molar-refractivity contribution in [1.82, 2.24) is 10.2 Å². The van der Waals surface area contributed by atoms with Crippen molar-refractivity contribution >= 4 is 27.9 Å². The van der Waals surface area contributed by atoms with E-state index in [0.717, 1.165) is 0 Å². The largest absolute Gasteiger partial charge is 0.466 e. The van der Waals surface area contributed by atoms with Crippen LogP contribution in [0.1, 0.15) is 44.0 Å². The van der Waals surface area contributed by atoms with E-state index in [4.69, 9.17) is 14.2 Å². The first-order chi connectivity index (χ1) is 13.6. The van der Waals surface area contributed by atoms with Crippen molar-refractivity contribution in [2.75, 3.05) is 27.0 Å². The topological polar surface area (TPSA) is 97.3 Å². The Labute approximate surface area is 179 Å². The van der Waals surface area contributed by atoms with E-state index in [9.17, 15) is 14.7 Å². The van der Waals surface area contributed by atoms with Crippen LogP contribution in [0, 0.1) is 0 Å². The molecule has 1 aliphatic rings. The average molecular weight is 473 g/mol. The van der Waals surface area contributed by atoms with E-state index in [1.54, 1.807) is 39.0 Å². The van der Waals surface area contributed by atoms with E-state index in [1.165, 1.54) is 12.0 Å². The second-order valence-electron chi connectivity index (χ2n) is 7.91. The molecule has 0 saturated carbocycles. The summed E-state index contributed by atoms with van der Waals surface area (Å²) in [4.78, 5) is 26.7. The summed E-state index contributed by atoms with van der Waals surface area (Å²) in [6.45, 7) is 6.14. The van der Waals surface area contributed by atoms with Crippen LogP contribution >= 0.6 is 15.9 Å². The van der Waals surface area contributed by atoms with Crippen molar-refractivity contribution in [3.05, 3.63) is 28.2 Å². The van der Waals surface area contributed by atoms with Gasteiger partial charge in [0.15, 0.2) is 6.79 Å². The van der Waals surface area contributed by atoms with E-state index >= 15 is 0 Å². The van der Waals surface area contributed by atoms with Crippen LogP contribution in [0.4, 0.5) is 4.79 Å². The molecule has 2 amide bonds. The standard InChI is InChI=1S/C20H29BrN2O6/c1-20(2,3)29-19(26)23-9-5-6-16(24)15(11-23)22-18(25)13-7-8-17(14(21)10-13)28-12-27-4/h7-8,10,15-16,24H,5-6,9,11-12H2,1-4H3,(H,22,25)/t15-,16-/m1/s1. The number of aliphatic hydroxyl groups is 1.